The third kappa shape index (κ3) is 5.29. The standard InChI is InChI=1S/C22H36N4/c1-2-3-12-20-24-21-18(13-14-19(21)22(23)25-20)11-7-6-10-17-26-15-8-4-5-9-16-26/h13H,2-12,14-17H2,1H3,(H2,23,24,25). The van der Waals surface area contributed by atoms with E-state index in [-0.39, 0.29) is 0 Å². The van der Waals surface area contributed by atoms with Gasteiger partial charge in [0, 0.05) is 12.0 Å². The molecule has 144 valence electrons. The lowest BCUT2D eigenvalue weighted by molar-refractivity contribution is 0.278. The van der Waals surface area contributed by atoms with Crippen molar-refractivity contribution in [1.82, 2.24) is 14.9 Å². The molecule has 0 aromatic carbocycles. The van der Waals surface area contributed by atoms with Crippen molar-refractivity contribution in [2.45, 2.75) is 84.0 Å². The fourth-order valence-corrected chi connectivity index (χ4v) is 4.19. The van der Waals surface area contributed by atoms with Crippen molar-refractivity contribution in [3.05, 3.63) is 23.2 Å². The fourth-order valence-electron chi connectivity index (χ4n) is 4.19. The zero-order valence-corrected chi connectivity index (χ0v) is 16.6. The molecule has 3 rings (SSSR count). The van der Waals surface area contributed by atoms with Gasteiger partial charge in [-0.05, 0) is 70.2 Å². The van der Waals surface area contributed by atoms with E-state index in [2.05, 4.69) is 22.9 Å². The number of likely N-dealkylation sites (tertiary alicyclic amines) is 1. The van der Waals surface area contributed by atoms with Crippen LogP contribution >= 0.6 is 0 Å². The van der Waals surface area contributed by atoms with Crippen LogP contribution in [0.5, 0.6) is 0 Å². The van der Waals surface area contributed by atoms with Crippen molar-refractivity contribution in [3.8, 4) is 0 Å². The molecule has 0 spiro atoms. The minimum absolute atomic E-state index is 0.702. The highest BCUT2D eigenvalue weighted by Gasteiger charge is 2.20. The Balaban J connectivity index is 1.44. The van der Waals surface area contributed by atoms with Gasteiger partial charge < -0.3 is 10.6 Å². The van der Waals surface area contributed by atoms with Gasteiger partial charge in [0.25, 0.3) is 0 Å². The first-order valence-electron chi connectivity index (χ1n) is 10.8. The summed E-state index contributed by atoms with van der Waals surface area (Å²) < 4.78 is 0. The Kier molecular flexibility index (Phi) is 7.48. The number of nitrogens with zero attached hydrogens (tertiary/aromatic N) is 3. The molecule has 1 aromatic heterocycles. The Morgan fingerprint density at radius 2 is 1.77 bits per heavy atom. The number of nitrogen functional groups attached to an aromatic ring is 1. The summed E-state index contributed by atoms with van der Waals surface area (Å²) in [6.07, 6.45) is 17.2. The minimum atomic E-state index is 0.702. The number of allylic oxidation sites excluding steroid dienone is 2. The van der Waals surface area contributed by atoms with E-state index in [1.807, 2.05) is 0 Å². The van der Waals surface area contributed by atoms with Crippen LogP contribution in [0.15, 0.2) is 6.08 Å². The molecule has 1 aliphatic heterocycles. The zero-order valence-electron chi connectivity index (χ0n) is 16.6. The van der Waals surface area contributed by atoms with Gasteiger partial charge in [-0.2, -0.15) is 0 Å². The SMILES string of the molecule is CCCCc1nc(N)c2c(n1)C(CCCCCN1CCCCCC1)=CC2. The van der Waals surface area contributed by atoms with E-state index < -0.39 is 0 Å². The number of hydrogen-bond acceptors (Lipinski definition) is 4. The maximum absolute atomic E-state index is 6.19. The topological polar surface area (TPSA) is 55.0 Å². The Hall–Kier alpha value is -1.42. The Morgan fingerprint density at radius 3 is 2.54 bits per heavy atom. The highest BCUT2D eigenvalue weighted by molar-refractivity contribution is 5.73. The maximum atomic E-state index is 6.19. The number of rotatable bonds is 9. The number of unbranched alkanes of at least 4 members (excludes halogenated alkanes) is 3. The molecule has 0 bridgehead atoms. The van der Waals surface area contributed by atoms with E-state index in [1.54, 1.807) is 0 Å². The number of anilines is 1. The highest BCUT2D eigenvalue weighted by Crippen LogP contribution is 2.32. The van der Waals surface area contributed by atoms with Crippen LogP contribution in [0.3, 0.4) is 0 Å². The lowest BCUT2D eigenvalue weighted by atomic mass is 10.1. The molecule has 1 saturated heterocycles. The molecular formula is C22H36N4. The molecule has 0 unspecified atom stereocenters. The van der Waals surface area contributed by atoms with E-state index in [0.717, 1.165) is 42.8 Å². The first-order valence-corrected chi connectivity index (χ1v) is 10.8. The first-order chi connectivity index (χ1) is 12.8. The van der Waals surface area contributed by atoms with Gasteiger partial charge in [-0.25, -0.2) is 9.97 Å². The number of nitrogens with two attached hydrogens (primary N) is 1. The van der Waals surface area contributed by atoms with Crippen LogP contribution in [0, 0.1) is 0 Å². The van der Waals surface area contributed by atoms with Crippen LogP contribution in [-0.2, 0) is 12.8 Å². The summed E-state index contributed by atoms with van der Waals surface area (Å²) in [5, 5.41) is 0. The lowest BCUT2D eigenvalue weighted by Crippen LogP contribution is -2.25. The van der Waals surface area contributed by atoms with Crippen molar-refractivity contribution < 1.29 is 0 Å². The predicted molar refractivity (Wildman–Crippen MR) is 110 cm³/mol. The summed E-state index contributed by atoms with van der Waals surface area (Å²) in [7, 11) is 0. The van der Waals surface area contributed by atoms with Gasteiger partial charge in [-0.1, -0.05) is 38.7 Å². The van der Waals surface area contributed by atoms with Crippen molar-refractivity contribution in [3.63, 3.8) is 0 Å². The quantitative estimate of drug-likeness (QED) is 0.647. The molecule has 1 aromatic rings. The third-order valence-electron chi connectivity index (χ3n) is 5.82. The van der Waals surface area contributed by atoms with E-state index in [9.17, 15) is 0 Å². The van der Waals surface area contributed by atoms with Gasteiger partial charge >= 0.3 is 0 Å². The van der Waals surface area contributed by atoms with Crippen molar-refractivity contribution in [2.24, 2.45) is 0 Å². The van der Waals surface area contributed by atoms with E-state index >= 15 is 0 Å². The smallest absolute Gasteiger partial charge is 0.131 e. The van der Waals surface area contributed by atoms with Gasteiger partial charge in [0.1, 0.15) is 11.6 Å². The van der Waals surface area contributed by atoms with Crippen LogP contribution in [0.1, 0.15) is 88.2 Å². The van der Waals surface area contributed by atoms with E-state index in [1.165, 1.54) is 76.6 Å². The van der Waals surface area contributed by atoms with Gasteiger partial charge in [0.05, 0.1) is 5.69 Å². The Labute approximate surface area is 159 Å². The van der Waals surface area contributed by atoms with Gasteiger partial charge in [-0.15, -0.1) is 0 Å². The largest absolute Gasteiger partial charge is 0.383 e. The van der Waals surface area contributed by atoms with Crippen LogP contribution in [0.25, 0.3) is 5.57 Å². The first kappa shape index (κ1) is 19.3. The second kappa shape index (κ2) is 10.1. The molecule has 4 nitrogen and oxygen atoms in total. The summed E-state index contributed by atoms with van der Waals surface area (Å²) in [5.41, 5.74) is 9.90. The molecule has 0 atom stereocenters. The highest BCUT2D eigenvalue weighted by atomic mass is 15.1. The van der Waals surface area contributed by atoms with Gasteiger partial charge in [0.15, 0.2) is 0 Å². The molecule has 1 aliphatic carbocycles. The number of aromatic nitrogens is 2. The molecule has 0 saturated carbocycles. The Bertz CT molecular complexity index is 600. The molecule has 0 amide bonds. The predicted octanol–water partition coefficient (Wildman–Crippen LogP) is 4.78. The summed E-state index contributed by atoms with van der Waals surface area (Å²) in [5.74, 6) is 1.63. The zero-order chi connectivity index (χ0) is 18.2. The van der Waals surface area contributed by atoms with Crippen LogP contribution in [0.2, 0.25) is 0 Å². The third-order valence-corrected chi connectivity index (χ3v) is 5.82. The van der Waals surface area contributed by atoms with E-state index in [4.69, 9.17) is 10.7 Å². The molecule has 1 fully saturated rings. The number of fused-ring (bicyclic) bond motifs is 1. The molecule has 0 radical (unpaired) electrons. The lowest BCUT2D eigenvalue weighted by Gasteiger charge is -2.19. The maximum Gasteiger partial charge on any atom is 0.131 e. The molecule has 2 aliphatic rings. The molecule has 4 heteroatoms. The van der Waals surface area contributed by atoms with Crippen molar-refractivity contribution >= 4 is 11.4 Å². The normalized spacial score (nSPS) is 17.8. The summed E-state index contributed by atoms with van der Waals surface area (Å²) >= 11 is 0. The number of aryl methyl sites for hydroxylation is 1. The molecular weight excluding hydrogens is 320 g/mol. The molecule has 2 N–H and O–H groups in total. The van der Waals surface area contributed by atoms with E-state index in [0.29, 0.717) is 5.82 Å². The van der Waals surface area contributed by atoms with Crippen LogP contribution in [-0.4, -0.2) is 34.5 Å². The monoisotopic (exact) mass is 356 g/mol. The van der Waals surface area contributed by atoms with Crippen molar-refractivity contribution in [1.29, 1.82) is 0 Å². The van der Waals surface area contributed by atoms with Gasteiger partial charge in [0.2, 0.25) is 0 Å². The van der Waals surface area contributed by atoms with Crippen molar-refractivity contribution in [2.75, 3.05) is 25.4 Å². The fraction of sp³-hybridized carbons (Fsp3) is 0.727. The van der Waals surface area contributed by atoms with Crippen LogP contribution in [0.4, 0.5) is 5.82 Å². The average molecular weight is 357 g/mol. The average Bonchev–Trinajstić information content (AvgIpc) is 2.87. The molecule has 2 heterocycles. The second-order valence-electron chi connectivity index (χ2n) is 7.96. The molecule has 26 heavy (non-hydrogen) atoms. The summed E-state index contributed by atoms with van der Waals surface area (Å²) in [4.78, 5) is 12.0. The number of hydrogen-bond donors (Lipinski definition) is 1. The Morgan fingerprint density at radius 1 is 0.962 bits per heavy atom. The summed E-state index contributed by atoms with van der Waals surface area (Å²) in [6.45, 7) is 6.12. The second-order valence-corrected chi connectivity index (χ2v) is 7.96. The summed E-state index contributed by atoms with van der Waals surface area (Å²) in [6, 6.07) is 0. The van der Waals surface area contributed by atoms with Gasteiger partial charge in [-0.3, -0.25) is 0 Å². The minimum Gasteiger partial charge on any atom is -0.383 e. The van der Waals surface area contributed by atoms with Crippen LogP contribution < -0.4 is 5.73 Å².